The van der Waals surface area contributed by atoms with Crippen molar-refractivity contribution in [2.45, 2.75) is 245 Å². The molecule has 0 bridgehead atoms. The number of ether oxygens (including phenoxy) is 3. The topological polar surface area (TPSA) is 231 Å². The molecule has 18 heteroatoms. The number of aliphatic hydroxyl groups excluding tert-OH is 2. The smallest absolute Gasteiger partial charge is 0.463 e. The summed E-state index contributed by atoms with van der Waals surface area (Å²) in [6, 6.07) is 0. The van der Waals surface area contributed by atoms with E-state index in [2.05, 4.69) is 215 Å². The Bertz CT molecular complexity index is 2540. The number of phosphoric acid groups is 2. The molecule has 16 nitrogen and oxygen atoms in total. The van der Waals surface area contributed by atoms with E-state index >= 15 is 0 Å². The third-order valence-corrected chi connectivity index (χ3v) is 15.7. The lowest BCUT2D eigenvalue weighted by Gasteiger charge is -2.21. The molecular weight excluding hydrogens is 1270 g/mol. The van der Waals surface area contributed by atoms with Crippen LogP contribution in [0.1, 0.15) is 226 Å². The van der Waals surface area contributed by atoms with Crippen molar-refractivity contribution in [3.63, 3.8) is 0 Å². The van der Waals surface area contributed by atoms with Crippen molar-refractivity contribution in [3.05, 3.63) is 194 Å². The van der Waals surface area contributed by atoms with E-state index < -0.39 is 91.5 Å². The molecule has 0 rings (SSSR count). The Hall–Kier alpha value is -5.61. The lowest BCUT2D eigenvalue weighted by atomic mass is 10.1. The van der Waals surface area contributed by atoms with Crippen molar-refractivity contribution in [1.82, 2.24) is 0 Å². The van der Waals surface area contributed by atoms with Crippen LogP contribution in [-0.4, -0.2) is 95.9 Å². The molecule has 0 amide bonds. The first-order chi connectivity index (χ1) is 47.2. The average molecular weight is 1390 g/mol. The molecule has 0 aromatic rings. The summed E-state index contributed by atoms with van der Waals surface area (Å²) in [6.45, 7) is 2.17. The summed E-state index contributed by atoms with van der Waals surface area (Å²) < 4.78 is 60.9. The Morgan fingerprint density at radius 2 is 0.515 bits per heavy atom. The van der Waals surface area contributed by atoms with Gasteiger partial charge in [0, 0.05) is 19.3 Å². The zero-order chi connectivity index (χ0) is 70.9. The second-order valence-corrected chi connectivity index (χ2v) is 25.8. The molecule has 0 aliphatic rings. The van der Waals surface area contributed by atoms with Crippen LogP contribution in [-0.2, 0) is 55.8 Å². The van der Waals surface area contributed by atoms with Gasteiger partial charge in [0.15, 0.2) is 6.10 Å². The molecule has 0 saturated carbocycles. The molecule has 0 spiro atoms. The second-order valence-electron chi connectivity index (χ2n) is 22.9. The van der Waals surface area contributed by atoms with Gasteiger partial charge in [-0.1, -0.05) is 241 Å². The molecule has 5 unspecified atom stereocenters. The summed E-state index contributed by atoms with van der Waals surface area (Å²) in [7, 11) is -9.83. The summed E-state index contributed by atoms with van der Waals surface area (Å²) in [5.41, 5.74) is 0. The first-order valence-corrected chi connectivity index (χ1v) is 38.7. The van der Waals surface area contributed by atoms with Crippen molar-refractivity contribution in [1.29, 1.82) is 0 Å². The van der Waals surface area contributed by atoms with Crippen molar-refractivity contribution >= 4 is 33.6 Å². The van der Waals surface area contributed by atoms with Crippen LogP contribution in [0.25, 0.3) is 0 Å². The van der Waals surface area contributed by atoms with Crippen molar-refractivity contribution < 1.29 is 75.8 Å². The number of esters is 3. The summed E-state index contributed by atoms with van der Waals surface area (Å²) in [6.07, 6.45) is 90.5. The number of aliphatic hydroxyl groups is 2. The van der Waals surface area contributed by atoms with Crippen LogP contribution in [0.2, 0.25) is 0 Å². The lowest BCUT2D eigenvalue weighted by molar-refractivity contribution is -0.161. The van der Waals surface area contributed by atoms with Crippen molar-refractivity contribution in [2.75, 3.05) is 39.6 Å². The fraction of sp³-hybridized carbons (Fsp3) is 0.557. The van der Waals surface area contributed by atoms with Gasteiger partial charge in [0.2, 0.25) is 0 Å². The highest BCUT2D eigenvalue weighted by atomic mass is 31.2. The van der Waals surface area contributed by atoms with Gasteiger partial charge in [0.25, 0.3) is 0 Å². The van der Waals surface area contributed by atoms with Gasteiger partial charge in [-0.2, -0.15) is 0 Å². The molecule has 0 aliphatic carbocycles. The maximum atomic E-state index is 12.9. The number of carbonyl (C=O) groups excluding carboxylic acids is 3. The van der Waals surface area contributed by atoms with Crippen LogP contribution in [0.3, 0.4) is 0 Å². The first-order valence-electron chi connectivity index (χ1n) is 35.7. The second kappa shape index (κ2) is 70.3. The van der Waals surface area contributed by atoms with Crippen molar-refractivity contribution in [2.24, 2.45) is 0 Å². The summed E-state index contributed by atoms with van der Waals surface area (Å²) in [4.78, 5) is 58.5. The largest absolute Gasteiger partial charge is 0.472 e. The Labute approximate surface area is 585 Å². The minimum atomic E-state index is -4.96. The fourth-order valence-corrected chi connectivity index (χ4v) is 10.0. The number of hydrogen-bond acceptors (Lipinski definition) is 14. The predicted molar refractivity (Wildman–Crippen MR) is 398 cm³/mol. The zero-order valence-corrected chi connectivity index (χ0v) is 60.9. The van der Waals surface area contributed by atoms with Gasteiger partial charge in [-0.05, 0) is 161 Å². The molecule has 97 heavy (non-hydrogen) atoms. The van der Waals surface area contributed by atoms with Gasteiger partial charge in [-0.3, -0.25) is 32.5 Å². The molecule has 0 heterocycles. The van der Waals surface area contributed by atoms with E-state index in [4.69, 9.17) is 32.3 Å². The van der Waals surface area contributed by atoms with Gasteiger partial charge in [0.05, 0.1) is 26.4 Å². The number of phosphoric ester groups is 2. The highest BCUT2D eigenvalue weighted by Crippen LogP contribution is 2.45. The van der Waals surface area contributed by atoms with E-state index in [1.54, 1.807) is 0 Å². The van der Waals surface area contributed by atoms with Gasteiger partial charge >= 0.3 is 33.6 Å². The predicted octanol–water partition coefficient (Wildman–Crippen LogP) is 20.4. The number of allylic oxidation sites excluding steroid dienone is 32. The van der Waals surface area contributed by atoms with Gasteiger partial charge in [-0.25, -0.2) is 9.13 Å². The lowest BCUT2D eigenvalue weighted by Crippen LogP contribution is -2.30. The van der Waals surface area contributed by atoms with E-state index in [1.807, 2.05) is 0 Å². The molecule has 0 aromatic carbocycles. The van der Waals surface area contributed by atoms with E-state index in [1.165, 1.54) is 0 Å². The van der Waals surface area contributed by atoms with Gasteiger partial charge < -0.3 is 34.2 Å². The Morgan fingerprint density at radius 1 is 0.289 bits per heavy atom. The normalized spacial score (nSPS) is 15.2. The standard InChI is InChI=1S/C79H124O16P2/c1-4-7-10-13-16-19-22-25-28-31-33-35-36-38-40-42-44-47-50-53-56-59-62-65-77(82)89-68-74(80)69-91-96(85,86)92-70-75(81)71-93-97(87,88)94-73-76(95-79(84)67-64-61-58-55-52-49-46-41-30-27-24-21-18-15-12-9-6-3)72-90-78(83)66-63-60-57-54-51-48-45-43-39-37-34-32-29-26-23-20-17-14-11-8-5-2/h7-12,16-21,25-30,33-35,37-38,40,43-47,49,51,54,74-76,80-81H,4-6,13-15,22-24,31-32,36,39,41-42,48,50,52-53,55-73H2,1-3H3,(H,85,86)(H,87,88)/b10-7-,11-8-,12-9-,19-16-,20-17-,21-18-,28-25-,29-26-,30-27-,35-33-,37-34-,40-38-,45-43-,47-44-,49-46-,54-51-. The van der Waals surface area contributed by atoms with Crippen molar-refractivity contribution in [3.8, 4) is 0 Å². The average Bonchev–Trinajstić information content (AvgIpc) is 3.63. The summed E-state index contributed by atoms with van der Waals surface area (Å²) >= 11 is 0. The first kappa shape index (κ1) is 91.4. The maximum Gasteiger partial charge on any atom is 0.472 e. The Balaban J connectivity index is 4.80. The number of rotatable bonds is 65. The SMILES string of the molecule is CC/C=C\C/C=C\C/C=C\C/C=C\C/C=C\C/C=C\CCCCCCC(=O)OCC(O)COP(=O)(O)OCC(O)COP(=O)(O)OCC(COC(=O)CCCC/C=C\C/C=C\C/C=C\C/C=C\C/C=C\C/C=C\CC)OC(=O)CCCCCC/C=C\C/C=C\C/C=C\C/C=C\CC. The van der Waals surface area contributed by atoms with Crippen LogP contribution < -0.4 is 0 Å². The fourth-order valence-electron chi connectivity index (χ4n) is 8.45. The molecule has 4 N–H and O–H groups in total. The molecular formula is C79H124O16P2. The third-order valence-electron chi connectivity index (χ3n) is 13.8. The minimum absolute atomic E-state index is 0.0570. The third kappa shape index (κ3) is 71.5. The molecule has 0 radical (unpaired) electrons. The van der Waals surface area contributed by atoms with Gasteiger partial charge in [-0.15, -0.1) is 0 Å². The molecule has 0 aromatic heterocycles. The highest BCUT2D eigenvalue weighted by Gasteiger charge is 2.29. The van der Waals surface area contributed by atoms with E-state index in [0.717, 1.165) is 167 Å². The molecule has 546 valence electrons. The quantitative estimate of drug-likeness (QED) is 0.0146. The minimum Gasteiger partial charge on any atom is -0.463 e. The van der Waals surface area contributed by atoms with E-state index in [-0.39, 0.29) is 19.3 Å². The van der Waals surface area contributed by atoms with Crippen LogP contribution >= 0.6 is 15.6 Å². The molecule has 0 saturated heterocycles. The maximum absolute atomic E-state index is 12.9. The highest BCUT2D eigenvalue weighted by molar-refractivity contribution is 7.47. The number of unbranched alkanes of at least 4 members (excludes halogenated alkanes) is 10. The number of carbonyl (C=O) groups is 3. The van der Waals surface area contributed by atoms with Crippen LogP contribution in [0, 0.1) is 0 Å². The summed E-state index contributed by atoms with van der Waals surface area (Å²) in [5.74, 6) is -1.70. The van der Waals surface area contributed by atoms with E-state index in [0.29, 0.717) is 19.3 Å². The Kier molecular flexibility index (Phi) is 66.2. The molecule has 5 atom stereocenters. The van der Waals surface area contributed by atoms with Gasteiger partial charge in [0.1, 0.15) is 25.4 Å². The molecule has 0 fully saturated rings. The van der Waals surface area contributed by atoms with E-state index in [9.17, 15) is 43.5 Å². The Morgan fingerprint density at radius 3 is 0.825 bits per heavy atom. The zero-order valence-electron chi connectivity index (χ0n) is 59.2. The number of hydrogen-bond donors (Lipinski definition) is 4. The van der Waals surface area contributed by atoms with Crippen LogP contribution in [0.5, 0.6) is 0 Å². The molecule has 0 aliphatic heterocycles. The van der Waals surface area contributed by atoms with Crippen LogP contribution in [0.15, 0.2) is 194 Å². The van der Waals surface area contributed by atoms with Crippen LogP contribution in [0.4, 0.5) is 0 Å². The monoisotopic (exact) mass is 1390 g/mol. The summed E-state index contributed by atoms with van der Waals surface area (Å²) in [5, 5.41) is 20.6.